The van der Waals surface area contributed by atoms with Gasteiger partial charge in [0.1, 0.15) is 5.75 Å². The second-order valence-electron chi connectivity index (χ2n) is 6.76. The number of likely N-dealkylation sites (tertiary alicyclic amines) is 1. The molecule has 0 radical (unpaired) electrons. The first-order chi connectivity index (χ1) is 12.0. The van der Waals surface area contributed by atoms with E-state index in [1.54, 1.807) is 17.0 Å². The van der Waals surface area contributed by atoms with Gasteiger partial charge in [-0.3, -0.25) is 4.79 Å². The monoisotopic (exact) mass is 348 g/mol. The topological polar surface area (TPSA) is 67.9 Å². The molecule has 1 aromatic carbocycles. The number of rotatable bonds is 6. The fraction of sp³-hybridized carbons (Fsp3) is 0.579. The van der Waals surface area contributed by atoms with Crippen molar-refractivity contribution in [2.75, 3.05) is 26.8 Å². The molecule has 1 heterocycles. The van der Waals surface area contributed by atoms with E-state index < -0.39 is 0 Å². The predicted molar refractivity (Wildman–Crippen MR) is 95.9 cm³/mol. The summed E-state index contributed by atoms with van der Waals surface area (Å²) in [6, 6.07) is 7.30. The van der Waals surface area contributed by atoms with Crippen molar-refractivity contribution in [1.82, 2.24) is 10.2 Å². The Hall–Kier alpha value is -2.24. The summed E-state index contributed by atoms with van der Waals surface area (Å²) < 4.78 is 10.4. The molecule has 0 aromatic heterocycles. The maximum absolute atomic E-state index is 12.3. The van der Waals surface area contributed by atoms with Crippen molar-refractivity contribution in [2.45, 2.75) is 39.2 Å². The average molecular weight is 348 g/mol. The largest absolute Gasteiger partial charge is 0.494 e. The van der Waals surface area contributed by atoms with Gasteiger partial charge in [0.05, 0.1) is 13.7 Å². The summed E-state index contributed by atoms with van der Waals surface area (Å²) in [5, 5.41) is 3.03. The van der Waals surface area contributed by atoms with Crippen molar-refractivity contribution in [2.24, 2.45) is 5.92 Å². The summed E-state index contributed by atoms with van der Waals surface area (Å²) in [5.74, 6) is 1.30. The van der Waals surface area contributed by atoms with Gasteiger partial charge >= 0.3 is 6.09 Å². The van der Waals surface area contributed by atoms with Crippen LogP contribution in [0.1, 0.15) is 43.5 Å². The van der Waals surface area contributed by atoms with Crippen LogP contribution >= 0.6 is 0 Å². The molecule has 1 fully saturated rings. The Balaban J connectivity index is 1.78. The molecule has 138 valence electrons. The predicted octanol–water partition coefficient (Wildman–Crippen LogP) is 3.07. The fourth-order valence-electron chi connectivity index (χ4n) is 2.72. The lowest BCUT2D eigenvalue weighted by molar-refractivity contribution is 0.0892. The van der Waals surface area contributed by atoms with Crippen molar-refractivity contribution < 1.29 is 19.1 Å². The number of piperidine rings is 1. The molecule has 1 aliphatic rings. The van der Waals surface area contributed by atoms with Crippen LogP contribution in [-0.2, 0) is 4.74 Å². The standard InChI is InChI=1S/C19H28N2O4/c1-14(2)10-13-25-17-6-4-15(5-7-17)18(22)20-16-8-11-21(12-9-16)19(23)24-3/h4-7,14,16H,8-13H2,1-3H3,(H,20,22). The molecule has 0 aliphatic carbocycles. The molecule has 2 amide bonds. The zero-order valence-corrected chi connectivity index (χ0v) is 15.3. The Bertz CT molecular complexity index is 563. The van der Waals surface area contributed by atoms with E-state index in [1.807, 2.05) is 12.1 Å². The Labute approximate surface area is 149 Å². The molecule has 1 saturated heterocycles. The van der Waals surface area contributed by atoms with E-state index in [0.29, 0.717) is 31.2 Å². The van der Waals surface area contributed by atoms with Crippen LogP contribution in [0.15, 0.2) is 24.3 Å². The second-order valence-corrected chi connectivity index (χ2v) is 6.76. The lowest BCUT2D eigenvalue weighted by Gasteiger charge is -2.31. The van der Waals surface area contributed by atoms with Crippen LogP contribution in [-0.4, -0.2) is 49.7 Å². The molecule has 0 bridgehead atoms. The van der Waals surface area contributed by atoms with Crippen LogP contribution < -0.4 is 10.1 Å². The first kappa shape index (κ1) is 19.1. The zero-order valence-electron chi connectivity index (χ0n) is 15.3. The van der Waals surface area contributed by atoms with Crippen molar-refractivity contribution in [3.05, 3.63) is 29.8 Å². The van der Waals surface area contributed by atoms with Crippen LogP contribution in [0, 0.1) is 5.92 Å². The van der Waals surface area contributed by atoms with E-state index in [9.17, 15) is 9.59 Å². The number of amides is 2. The van der Waals surface area contributed by atoms with Crippen LogP contribution in [0.3, 0.4) is 0 Å². The molecular formula is C19H28N2O4. The van der Waals surface area contributed by atoms with Gasteiger partial charge in [-0.25, -0.2) is 4.79 Å². The maximum Gasteiger partial charge on any atom is 0.409 e. The van der Waals surface area contributed by atoms with E-state index in [0.717, 1.165) is 25.0 Å². The molecule has 1 aliphatic heterocycles. The SMILES string of the molecule is COC(=O)N1CCC(NC(=O)c2ccc(OCCC(C)C)cc2)CC1. The number of ether oxygens (including phenoxy) is 2. The molecule has 0 saturated carbocycles. The van der Waals surface area contributed by atoms with E-state index in [4.69, 9.17) is 9.47 Å². The fourth-order valence-corrected chi connectivity index (χ4v) is 2.72. The molecule has 1 N–H and O–H groups in total. The molecule has 25 heavy (non-hydrogen) atoms. The highest BCUT2D eigenvalue weighted by Crippen LogP contribution is 2.15. The Kier molecular flexibility index (Phi) is 7.10. The molecule has 0 spiro atoms. The molecule has 6 nitrogen and oxygen atoms in total. The highest BCUT2D eigenvalue weighted by Gasteiger charge is 2.24. The van der Waals surface area contributed by atoms with Gasteiger partial charge in [0.25, 0.3) is 5.91 Å². The van der Waals surface area contributed by atoms with Crippen LogP contribution in [0.2, 0.25) is 0 Å². The third-order valence-corrected chi connectivity index (χ3v) is 4.34. The molecule has 0 atom stereocenters. The quantitative estimate of drug-likeness (QED) is 0.858. The minimum Gasteiger partial charge on any atom is -0.494 e. The van der Waals surface area contributed by atoms with Crippen molar-refractivity contribution in [3.63, 3.8) is 0 Å². The summed E-state index contributed by atoms with van der Waals surface area (Å²) in [6.07, 6.45) is 2.17. The highest BCUT2D eigenvalue weighted by molar-refractivity contribution is 5.94. The maximum atomic E-state index is 12.3. The van der Waals surface area contributed by atoms with E-state index in [1.165, 1.54) is 7.11 Å². The van der Waals surface area contributed by atoms with E-state index in [2.05, 4.69) is 19.2 Å². The Morgan fingerprint density at radius 1 is 1.20 bits per heavy atom. The summed E-state index contributed by atoms with van der Waals surface area (Å²) >= 11 is 0. The lowest BCUT2D eigenvalue weighted by atomic mass is 10.0. The molecule has 6 heteroatoms. The smallest absolute Gasteiger partial charge is 0.409 e. The number of hydrogen-bond acceptors (Lipinski definition) is 4. The minimum absolute atomic E-state index is 0.0791. The number of carbonyl (C=O) groups is 2. The normalized spacial score (nSPS) is 15.1. The van der Waals surface area contributed by atoms with Crippen LogP contribution in [0.5, 0.6) is 5.75 Å². The summed E-state index contributed by atoms with van der Waals surface area (Å²) in [6.45, 7) is 6.20. The number of methoxy groups -OCH3 is 1. The number of benzene rings is 1. The zero-order chi connectivity index (χ0) is 18.2. The van der Waals surface area contributed by atoms with E-state index in [-0.39, 0.29) is 18.0 Å². The average Bonchev–Trinajstić information content (AvgIpc) is 2.62. The van der Waals surface area contributed by atoms with Gasteiger partial charge in [-0.1, -0.05) is 13.8 Å². The number of hydrogen-bond donors (Lipinski definition) is 1. The molecule has 1 aromatic rings. The van der Waals surface area contributed by atoms with Gasteiger partial charge in [-0.05, 0) is 49.4 Å². The minimum atomic E-state index is -0.308. The van der Waals surface area contributed by atoms with Gasteiger partial charge in [0.2, 0.25) is 0 Å². The highest BCUT2D eigenvalue weighted by atomic mass is 16.5. The number of carbonyl (C=O) groups excluding carboxylic acids is 2. The summed E-state index contributed by atoms with van der Waals surface area (Å²) in [7, 11) is 1.38. The third-order valence-electron chi connectivity index (χ3n) is 4.34. The molecular weight excluding hydrogens is 320 g/mol. The van der Waals surface area contributed by atoms with Crippen molar-refractivity contribution in [3.8, 4) is 5.75 Å². The summed E-state index contributed by atoms with van der Waals surface area (Å²) in [5.41, 5.74) is 0.617. The first-order valence-electron chi connectivity index (χ1n) is 8.86. The van der Waals surface area contributed by atoms with Gasteiger partial charge in [-0.2, -0.15) is 0 Å². The van der Waals surface area contributed by atoms with E-state index >= 15 is 0 Å². The summed E-state index contributed by atoms with van der Waals surface area (Å²) in [4.78, 5) is 25.5. The first-order valence-corrected chi connectivity index (χ1v) is 8.86. The van der Waals surface area contributed by atoms with Crippen molar-refractivity contribution >= 4 is 12.0 Å². The number of nitrogens with one attached hydrogen (secondary N) is 1. The van der Waals surface area contributed by atoms with Crippen LogP contribution in [0.4, 0.5) is 4.79 Å². The van der Waals surface area contributed by atoms with Gasteiger partial charge < -0.3 is 19.7 Å². The van der Waals surface area contributed by atoms with Gasteiger partial charge in [-0.15, -0.1) is 0 Å². The Morgan fingerprint density at radius 3 is 2.40 bits per heavy atom. The molecule has 0 unspecified atom stereocenters. The van der Waals surface area contributed by atoms with Crippen LogP contribution in [0.25, 0.3) is 0 Å². The lowest BCUT2D eigenvalue weighted by Crippen LogP contribution is -2.46. The van der Waals surface area contributed by atoms with Gasteiger partial charge in [0.15, 0.2) is 0 Å². The van der Waals surface area contributed by atoms with Crippen molar-refractivity contribution in [1.29, 1.82) is 0 Å². The molecule has 2 rings (SSSR count). The number of nitrogens with zero attached hydrogens (tertiary/aromatic N) is 1. The van der Waals surface area contributed by atoms with Gasteiger partial charge in [0, 0.05) is 24.7 Å². The third kappa shape index (κ3) is 5.96. The second kappa shape index (κ2) is 9.30. The Morgan fingerprint density at radius 2 is 1.84 bits per heavy atom.